The second kappa shape index (κ2) is 7.57. The summed E-state index contributed by atoms with van der Waals surface area (Å²) in [6.45, 7) is 2.78. The van der Waals surface area contributed by atoms with Gasteiger partial charge in [-0.05, 0) is 37.0 Å². The van der Waals surface area contributed by atoms with E-state index in [0.717, 1.165) is 12.8 Å². The van der Waals surface area contributed by atoms with E-state index in [1.54, 1.807) is 24.3 Å². The van der Waals surface area contributed by atoms with Crippen LogP contribution in [0.5, 0.6) is 0 Å². The average Bonchev–Trinajstić information content (AvgIpc) is 2.34. The maximum Gasteiger partial charge on any atom is 0.251 e. The van der Waals surface area contributed by atoms with Crippen LogP contribution in [0.15, 0.2) is 24.3 Å². The zero-order chi connectivity index (χ0) is 12.7. The fraction of sp³-hybridized carbons (Fsp3) is 0.462. The van der Waals surface area contributed by atoms with E-state index >= 15 is 0 Å². The molecule has 0 heterocycles. The number of hydrogen-bond acceptors (Lipinski definition) is 1. The van der Waals surface area contributed by atoms with E-state index in [4.69, 9.17) is 23.2 Å². The number of alkyl halides is 1. The van der Waals surface area contributed by atoms with Gasteiger partial charge in [0, 0.05) is 23.0 Å². The molecular weight excluding hydrogens is 257 g/mol. The number of nitrogens with one attached hydrogen (secondary N) is 1. The molecule has 1 atom stereocenters. The van der Waals surface area contributed by atoms with Crippen LogP contribution < -0.4 is 5.32 Å². The highest BCUT2D eigenvalue weighted by atomic mass is 35.5. The lowest BCUT2D eigenvalue weighted by atomic mass is 10.1. The summed E-state index contributed by atoms with van der Waals surface area (Å²) in [6.07, 6.45) is 1.97. The first kappa shape index (κ1) is 14.3. The van der Waals surface area contributed by atoms with Gasteiger partial charge >= 0.3 is 0 Å². The number of halogens is 2. The molecule has 0 fully saturated rings. The molecule has 4 heteroatoms. The average molecular weight is 274 g/mol. The molecule has 1 unspecified atom stereocenters. The minimum absolute atomic E-state index is 0.0778. The van der Waals surface area contributed by atoms with Crippen LogP contribution in [-0.2, 0) is 0 Å². The molecule has 0 bridgehead atoms. The second-order valence-corrected chi connectivity index (χ2v) is 4.91. The van der Waals surface area contributed by atoms with Gasteiger partial charge in [0.05, 0.1) is 0 Å². The highest BCUT2D eigenvalue weighted by Gasteiger charge is 2.05. The molecule has 1 rings (SSSR count). The van der Waals surface area contributed by atoms with Gasteiger partial charge in [-0.2, -0.15) is 0 Å². The molecular formula is C13H17Cl2NO. The van der Waals surface area contributed by atoms with Crippen LogP contribution in [0.4, 0.5) is 0 Å². The molecule has 0 aliphatic carbocycles. The van der Waals surface area contributed by atoms with Crippen LogP contribution in [-0.4, -0.2) is 18.3 Å². The van der Waals surface area contributed by atoms with Gasteiger partial charge in [-0.3, -0.25) is 4.79 Å². The molecule has 0 aliphatic heterocycles. The fourth-order valence-electron chi connectivity index (χ4n) is 1.46. The summed E-state index contributed by atoms with van der Waals surface area (Å²) in [5, 5.41) is 3.44. The first-order valence-electron chi connectivity index (χ1n) is 5.73. The van der Waals surface area contributed by atoms with Crippen molar-refractivity contribution in [2.75, 3.05) is 12.4 Å². The third kappa shape index (κ3) is 5.42. The van der Waals surface area contributed by atoms with Crippen molar-refractivity contribution in [1.29, 1.82) is 0 Å². The third-order valence-corrected chi connectivity index (χ3v) is 3.27. The standard InChI is InChI=1S/C13H17Cl2NO/c1-10(9-14)4-3-7-16-13(17)11-5-2-6-12(15)8-11/h2,5-6,8,10H,3-4,7,9H2,1H3,(H,16,17). The molecule has 1 aromatic rings. The van der Waals surface area contributed by atoms with Crippen molar-refractivity contribution < 1.29 is 4.79 Å². The summed E-state index contributed by atoms with van der Waals surface area (Å²) < 4.78 is 0. The molecule has 2 nitrogen and oxygen atoms in total. The summed E-state index contributed by atoms with van der Waals surface area (Å²) in [7, 11) is 0. The van der Waals surface area contributed by atoms with E-state index in [1.165, 1.54) is 0 Å². The van der Waals surface area contributed by atoms with E-state index < -0.39 is 0 Å². The van der Waals surface area contributed by atoms with Crippen molar-refractivity contribution in [1.82, 2.24) is 5.32 Å². The van der Waals surface area contributed by atoms with Crippen molar-refractivity contribution in [3.8, 4) is 0 Å². The Morgan fingerprint density at radius 3 is 2.88 bits per heavy atom. The van der Waals surface area contributed by atoms with Crippen LogP contribution in [0, 0.1) is 5.92 Å². The summed E-state index contributed by atoms with van der Waals surface area (Å²) in [5.41, 5.74) is 0.600. The molecule has 1 aromatic carbocycles. The topological polar surface area (TPSA) is 29.1 Å². The van der Waals surface area contributed by atoms with E-state index in [0.29, 0.717) is 28.9 Å². The molecule has 0 aromatic heterocycles. The molecule has 0 saturated heterocycles. The van der Waals surface area contributed by atoms with Gasteiger partial charge in [0.2, 0.25) is 0 Å². The molecule has 0 aliphatic rings. The van der Waals surface area contributed by atoms with Gasteiger partial charge < -0.3 is 5.32 Å². The van der Waals surface area contributed by atoms with Gasteiger partial charge in [0.15, 0.2) is 0 Å². The lowest BCUT2D eigenvalue weighted by molar-refractivity contribution is 0.0952. The summed E-state index contributed by atoms with van der Waals surface area (Å²) in [6, 6.07) is 6.94. The Bertz CT molecular complexity index is 368. The minimum atomic E-state index is -0.0778. The number of amides is 1. The Hall–Kier alpha value is -0.730. The largest absolute Gasteiger partial charge is 0.352 e. The first-order valence-corrected chi connectivity index (χ1v) is 6.64. The maximum absolute atomic E-state index is 11.7. The zero-order valence-corrected chi connectivity index (χ0v) is 11.4. The number of benzene rings is 1. The molecule has 94 valence electrons. The van der Waals surface area contributed by atoms with Crippen LogP contribution in [0.1, 0.15) is 30.1 Å². The second-order valence-electron chi connectivity index (χ2n) is 4.17. The minimum Gasteiger partial charge on any atom is -0.352 e. The summed E-state index contributed by atoms with van der Waals surface area (Å²) >= 11 is 11.5. The monoisotopic (exact) mass is 273 g/mol. The highest BCUT2D eigenvalue weighted by molar-refractivity contribution is 6.30. The number of hydrogen-bond donors (Lipinski definition) is 1. The van der Waals surface area contributed by atoms with Crippen molar-refractivity contribution in [3.63, 3.8) is 0 Å². The lowest BCUT2D eigenvalue weighted by Gasteiger charge is -2.08. The predicted molar refractivity (Wildman–Crippen MR) is 72.9 cm³/mol. The van der Waals surface area contributed by atoms with Gasteiger partial charge in [-0.1, -0.05) is 24.6 Å². The van der Waals surface area contributed by atoms with E-state index in [1.807, 2.05) is 0 Å². The smallest absolute Gasteiger partial charge is 0.251 e. The zero-order valence-electron chi connectivity index (χ0n) is 9.88. The Balaban J connectivity index is 2.30. The van der Waals surface area contributed by atoms with Gasteiger partial charge in [0.1, 0.15) is 0 Å². The van der Waals surface area contributed by atoms with Gasteiger partial charge in [-0.25, -0.2) is 0 Å². The van der Waals surface area contributed by atoms with Crippen LogP contribution in [0.25, 0.3) is 0 Å². The van der Waals surface area contributed by atoms with E-state index in [2.05, 4.69) is 12.2 Å². The van der Waals surface area contributed by atoms with Crippen molar-refractivity contribution in [3.05, 3.63) is 34.9 Å². The van der Waals surface area contributed by atoms with Crippen molar-refractivity contribution in [2.45, 2.75) is 19.8 Å². The van der Waals surface area contributed by atoms with E-state index in [-0.39, 0.29) is 5.91 Å². The summed E-state index contributed by atoms with van der Waals surface area (Å²) in [4.78, 5) is 11.7. The summed E-state index contributed by atoms with van der Waals surface area (Å²) in [5.74, 6) is 1.09. The first-order chi connectivity index (χ1) is 8.13. The van der Waals surface area contributed by atoms with Crippen LogP contribution in [0.2, 0.25) is 5.02 Å². The van der Waals surface area contributed by atoms with Crippen molar-refractivity contribution in [2.24, 2.45) is 5.92 Å². The Kier molecular flexibility index (Phi) is 6.38. The fourth-order valence-corrected chi connectivity index (χ4v) is 1.81. The predicted octanol–water partition coefficient (Wildman–Crippen LogP) is 3.72. The maximum atomic E-state index is 11.7. The van der Waals surface area contributed by atoms with Crippen LogP contribution in [0.3, 0.4) is 0 Å². The SMILES string of the molecule is CC(CCl)CCCNC(=O)c1cccc(Cl)c1. The lowest BCUT2D eigenvalue weighted by Crippen LogP contribution is -2.24. The Morgan fingerprint density at radius 2 is 2.24 bits per heavy atom. The Labute approximate surface area is 112 Å². The van der Waals surface area contributed by atoms with E-state index in [9.17, 15) is 4.79 Å². The van der Waals surface area contributed by atoms with Gasteiger partial charge in [0.25, 0.3) is 5.91 Å². The van der Waals surface area contributed by atoms with Crippen LogP contribution >= 0.6 is 23.2 Å². The number of carbonyl (C=O) groups excluding carboxylic acids is 1. The Morgan fingerprint density at radius 1 is 1.47 bits per heavy atom. The molecule has 0 saturated carbocycles. The molecule has 1 amide bonds. The molecule has 0 radical (unpaired) electrons. The molecule has 1 N–H and O–H groups in total. The number of carbonyl (C=O) groups is 1. The number of rotatable bonds is 6. The normalized spacial score (nSPS) is 12.2. The quantitative estimate of drug-likeness (QED) is 0.621. The van der Waals surface area contributed by atoms with Crippen molar-refractivity contribution >= 4 is 29.1 Å². The third-order valence-electron chi connectivity index (χ3n) is 2.51. The highest BCUT2D eigenvalue weighted by Crippen LogP contribution is 2.10. The molecule has 0 spiro atoms. The molecule has 17 heavy (non-hydrogen) atoms. The van der Waals surface area contributed by atoms with Gasteiger partial charge in [-0.15, -0.1) is 11.6 Å².